The van der Waals surface area contributed by atoms with E-state index in [9.17, 15) is 9.59 Å². The van der Waals surface area contributed by atoms with E-state index >= 15 is 0 Å². The number of nitrogens with one attached hydrogen (secondary N) is 3. The van der Waals surface area contributed by atoms with E-state index in [2.05, 4.69) is 55.2 Å². The summed E-state index contributed by atoms with van der Waals surface area (Å²) in [6.07, 6.45) is 10.9. The summed E-state index contributed by atoms with van der Waals surface area (Å²) >= 11 is 0. The van der Waals surface area contributed by atoms with Crippen LogP contribution in [0.25, 0.3) is 11.0 Å². The monoisotopic (exact) mass is 540 g/mol. The van der Waals surface area contributed by atoms with Crippen LogP contribution >= 0.6 is 0 Å². The number of rotatable bonds is 5. The first-order chi connectivity index (χ1) is 19.6. The molecule has 1 saturated heterocycles. The molecule has 3 fully saturated rings. The van der Waals surface area contributed by atoms with E-state index in [4.69, 9.17) is 4.74 Å². The number of ether oxygens (including phenoxy) is 1. The molecule has 3 heterocycles. The third-order valence-corrected chi connectivity index (χ3v) is 9.66. The first-order valence-corrected chi connectivity index (χ1v) is 14.7. The Morgan fingerprint density at radius 3 is 2.52 bits per heavy atom. The summed E-state index contributed by atoms with van der Waals surface area (Å²) in [6.45, 7) is 2.50. The van der Waals surface area contributed by atoms with Crippen LogP contribution in [0.15, 0.2) is 42.9 Å². The molecule has 4 unspecified atom stereocenters. The van der Waals surface area contributed by atoms with Gasteiger partial charge < -0.3 is 15.4 Å². The molecule has 3 aliphatic carbocycles. The Bertz CT molecular complexity index is 1430. The average molecular weight is 541 g/mol. The summed E-state index contributed by atoms with van der Waals surface area (Å²) < 4.78 is 6.66. The second kappa shape index (κ2) is 10.1. The Labute approximate surface area is 233 Å². The second-order valence-corrected chi connectivity index (χ2v) is 12.0. The first-order valence-electron chi connectivity index (χ1n) is 14.7. The smallest absolute Gasteiger partial charge is 0.320 e. The molecule has 3 N–H and O–H groups in total. The maximum absolute atomic E-state index is 13.1. The average Bonchev–Trinajstić information content (AvgIpc) is 3.51. The molecule has 2 saturated carbocycles. The number of fused-ring (bicyclic) bond motifs is 4. The van der Waals surface area contributed by atoms with Gasteiger partial charge in [0.2, 0.25) is 5.91 Å². The molecule has 0 bridgehead atoms. The molecule has 7 rings (SSSR count). The van der Waals surface area contributed by atoms with Gasteiger partial charge in [0.1, 0.15) is 23.5 Å². The van der Waals surface area contributed by atoms with E-state index in [1.165, 1.54) is 23.9 Å². The molecule has 3 amide bonds. The van der Waals surface area contributed by atoms with Crippen molar-refractivity contribution in [3.8, 4) is 0 Å². The van der Waals surface area contributed by atoms with Gasteiger partial charge in [0, 0.05) is 36.2 Å². The highest BCUT2D eigenvalue weighted by Gasteiger charge is 2.66. The van der Waals surface area contributed by atoms with Crippen molar-refractivity contribution in [1.82, 2.24) is 25.6 Å². The lowest BCUT2D eigenvalue weighted by molar-refractivity contribution is -0.134. The number of anilines is 1. The first kappa shape index (κ1) is 25.4. The van der Waals surface area contributed by atoms with Gasteiger partial charge in [-0.2, -0.15) is 0 Å². The highest BCUT2D eigenvalue weighted by molar-refractivity contribution is 5.97. The molecule has 2 aromatic heterocycles. The number of benzene rings is 1. The highest BCUT2D eigenvalue weighted by Crippen LogP contribution is 2.68. The van der Waals surface area contributed by atoms with Crippen molar-refractivity contribution in [3.63, 3.8) is 0 Å². The molecule has 208 valence electrons. The summed E-state index contributed by atoms with van der Waals surface area (Å²) in [7, 11) is 0. The fraction of sp³-hybridized carbons (Fsp3) is 0.516. The topological polar surface area (TPSA) is 118 Å². The Morgan fingerprint density at radius 1 is 1.00 bits per heavy atom. The van der Waals surface area contributed by atoms with Gasteiger partial charge in [-0.15, -0.1) is 0 Å². The Hall–Kier alpha value is -3.59. The molecule has 40 heavy (non-hydrogen) atoms. The third-order valence-electron chi connectivity index (χ3n) is 9.66. The summed E-state index contributed by atoms with van der Waals surface area (Å²) in [5.74, 6) is 0.667. The molecule has 3 aromatic rings. The molecular formula is C31H36N6O3. The van der Waals surface area contributed by atoms with Gasteiger partial charge in [-0.25, -0.2) is 14.8 Å². The van der Waals surface area contributed by atoms with Gasteiger partial charge in [-0.1, -0.05) is 43.5 Å². The largest absolute Gasteiger partial charge is 0.360 e. The number of aromatic nitrogens is 3. The van der Waals surface area contributed by atoms with E-state index in [0.717, 1.165) is 50.5 Å². The zero-order chi connectivity index (χ0) is 27.3. The lowest BCUT2D eigenvalue weighted by atomic mass is 9.50. The molecule has 1 aromatic carbocycles. The maximum Gasteiger partial charge on any atom is 0.320 e. The van der Waals surface area contributed by atoms with E-state index in [0.29, 0.717) is 23.4 Å². The van der Waals surface area contributed by atoms with Crippen LogP contribution in [0.3, 0.4) is 0 Å². The SMILES string of the molecule is CCNC(=O)C1OC(c2ccnc3c(NC(=O)NC4CCCCC4)ncnc23)C2C1CC21Cc2ccccc2C1. The Balaban J connectivity index is 1.21. The lowest BCUT2D eigenvalue weighted by Crippen LogP contribution is -2.53. The molecule has 0 radical (unpaired) electrons. The van der Waals surface area contributed by atoms with Crippen LogP contribution in [0, 0.1) is 17.3 Å². The predicted octanol–water partition coefficient (Wildman–Crippen LogP) is 4.48. The van der Waals surface area contributed by atoms with Crippen molar-refractivity contribution >= 4 is 28.8 Å². The van der Waals surface area contributed by atoms with Crippen LogP contribution in [0.1, 0.15) is 68.2 Å². The van der Waals surface area contributed by atoms with Crippen molar-refractivity contribution in [2.24, 2.45) is 17.3 Å². The highest BCUT2D eigenvalue weighted by atomic mass is 16.5. The van der Waals surface area contributed by atoms with Gasteiger partial charge in [-0.05, 0) is 61.6 Å². The zero-order valence-electron chi connectivity index (χ0n) is 22.9. The number of hydrogen-bond acceptors (Lipinski definition) is 6. The summed E-state index contributed by atoms with van der Waals surface area (Å²) in [5, 5.41) is 8.99. The summed E-state index contributed by atoms with van der Waals surface area (Å²) in [6, 6.07) is 10.6. The van der Waals surface area contributed by atoms with Gasteiger partial charge in [0.15, 0.2) is 5.82 Å². The van der Waals surface area contributed by atoms with Crippen LogP contribution in [0.4, 0.5) is 10.6 Å². The zero-order valence-corrected chi connectivity index (χ0v) is 22.9. The number of hydrogen-bond donors (Lipinski definition) is 3. The fourth-order valence-corrected chi connectivity index (χ4v) is 7.99. The van der Waals surface area contributed by atoms with Crippen molar-refractivity contribution in [2.45, 2.75) is 76.5 Å². The molecule has 9 heteroatoms. The van der Waals surface area contributed by atoms with Crippen LogP contribution in [0.2, 0.25) is 0 Å². The van der Waals surface area contributed by atoms with Crippen LogP contribution in [0.5, 0.6) is 0 Å². The van der Waals surface area contributed by atoms with Gasteiger partial charge in [-0.3, -0.25) is 15.1 Å². The van der Waals surface area contributed by atoms with E-state index < -0.39 is 6.10 Å². The fourth-order valence-electron chi connectivity index (χ4n) is 7.99. The number of urea groups is 1. The van der Waals surface area contributed by atoms with Crippen LogP contribution in [-0.4, -0.2) is 45.6 Å². The van der Waals surface area contributed by atoms with E-state index in [1.54, 1.807) is 6.20 Å². The maximum atomic E-state index is 13.1. The Morgan fingerprint density at radius 2 is 1.77 bits per heavy atom. The minimum atomic E-state index is -0.492. The van der Waals surface area contributed by atoms with Crippen LogP contribution < -0.4 is 16.0 Å². The van der Waals surface area contributed by atoms with E-state index in [1.807, 2.05) is 13.0 Å². The standard InChI is InChI=1S/C31H36N6O3/c1-2-32-29(38)27-22-16-31(14-18-8-6-7-9-19(18)15-31)23(22)26(40-27)21-12-13-33-25-24(21)34-17-35-28(25)37-30(39)36-20-10-4-3-5-11-20/h6-9,12-13,17,20,22-23,26-27H,2-5,10-11,14-16H2,1H3,(H,32,38)(H2,34,35,36,37,39). The van der Waals surface area contributed by atoms with Gasteiger partial charge in [0.05, 0.1) is 6.10 Å². The lowest BCUT2D eigenvalue weighted by Gasteiger charge is -2.52. The van der Waals surface area contributed by atoms with Gasteiger partial charge >= 0.3 is 6.03 Å². The van der Waals surface area contributed by atoms with Crippen molar-refractivity contribution in [1.29, 1.82) is 0 Å². The molecule has 4 atom stereocenters. The molecular weight excluding hydrogens is 504 g/mol. The molecule has 4 aliphatic rings. The summed E-state index contributed by atoms with van der Waals surface area (Å²) in [5.41, 5.74) is 4.95. The predicted molar refractivity (Wildman–Crippen MR) is 151 cm³/mol. The minimum absolute atomic E-state index is 0.0416. The van der Waals surface area contributed by atoms with Crippen molar-refractivity contribution < 1.29 is 14.3 Å². The normalized spacial score (nSPS) is 26.6. The number of carbonyl (C=O) groups excluding carboxylic acids is 2. The molecule has 1 spiro atoms. The molecule has 1 aliphatic heterocycles. The summed E-state index contributed by atoms with van der Waals surface area (Å²) in [4.78, 5) is 39.5. The van der Waals surface area contributed by atoms with Crippen LogP contribution in [-0.2, 0) is 22.4 Å². The molecule has 9 nitrogen and oxygen atoms in total. The number of amides is 3. The third kappa shape index (κ3) is 4.22. The van der Waals surface area contributed by atoms with E-state index in [-0.39, 0.29) is 41.3 Å². The number of likely N-dealkylation sites (N-methyl/N-ethyl adjacent to an activating group) is 1. The Kier molecular flexibility index (Phi) is 6.41. The van der Waals surface area contributed by atoms with Crippen molar-refractivity contribution in [2.75, 3.05) is 11.9 Å². The van der Waals surface area contributed by atoms with Crippen molar-refractivity contribution in [3.05, 3.63) is 59.5 Å². The second-order valence-electron chi connectivity index (χ2n) is 12.0. The number of nitrogens with zero attached hydrogens (tertiary/aromatic N) is 3. The minimum Gasteiger partial charge on any atom is -0.360 e. The number of pyridine rings is 1. The quantitative estimate of drug-likeness (QED) is 0.439. The number of carbonyl (C=O) groups is 2. The van der Waals surface area contributed by atoms with Gasteiger partial charge in [0.25, 0.3) is 0 Å².